The average Bonchev–Trinajstić information content (AvgIpc) is 2.52. The maximum atomic E-state index is 13.5. The predicted molar refractivity (Wildman–Crippen MR) is 61.1 cm³/mol. The van der Waals surface area contributed by atoms with Gasteiger partial charge in [0, 0.05) is 12.7 Å². The number of benzene rings is 1. The van der Waals surface area contributed by atoms with Gasteiger partial charge in [-0.15, -0.1) is 0 Å². The number of rotatable bonds is 2. The minimum absolute atomic E-state index is 0.288. The van der Waals surface area contributed by atoms with Crippen LogP contribution in [0.5, 0.6) is 0 Å². The predicted octanol–water partition coefficient (Wildman–Crippen LogP) is 2.77. The zero-order valence-electron chi connectivity index (χ0n) is 9.80. The zero-order chi connectivity index (χ0) is 13.4. The van der Waals surface area contributed by atoms with Crippen molar-refractivity contribution >= 4 is 0 Å². The Bertz CT molecular complexity index is 643. The lowest BCUT2D eigenvalue weighted by molar-refractivity contribution is 0.146. The molecule has 2 aromatic rings. The Kier molecular flexibility index (Phi) is 3.02. The number of aryl methyl sites for hydroxylation is 2. The number of H-pyrrole nitrogens is 1. The van der Waals surface area contributed by atoms with E-state index in [1.54, 1.807) is 6.92 Å². The summed E-state index contributed by atoms with van der Waals surface area (Å²) < 4.78 is 39.5. The van der Waals surface area contributed by atoms with Crippen LogP contribution in [0.2, 0.25) is 0 Å². The number of hydrogen-bond acceptors (Lipinski definition) is 1. The van der Waals surface area contributed by atoms with E-state index in [9.17, 15) is 18.0 Å². The van der Waals surface area contributed by atoms with Crippen molar-refractivity contribution in [3.05, 3.63) is 45.6 Å². The van der Waals surface area contributed by atoms with Gasteiger partial charge in [0.2, 0.25) is 0 Å². The highest BCUT2D eigenvalue weighted by atomic mass is 19.3. The number of nitrogens with zero attached hydrogens (tertiary/aromatic N) is 1. The van der Waals surface area contributed by atoms with Crippen LogP contribution in [0.15, 0.2) is 23.0 Å². The highest BCUT2D eigenvalue weighted by Crippen LogP contribution is 2.26. The van der Waals surface area contributed by atoms with Gasteiger partial charge in [-0.1, -0.05) is 6.07 Å². The van der Waals surface area contributed by atoms with Gasteiger partial charge in [0.1, 0.15) is 5.82 Å². The molecular weight excluding hydrogens is 245 g/mol. The molecule has 1 heterocycles. The second-order valence-corrected chi connectivity index (χ2v) is 4.01. The fraction of sp³-hybridized carbons (Fsp3) is 0.250. The number of aromatic nitrogens is 2. The molecule has 0 saturated carbocycles. The third kappa shape index (κ3) is 1.94. The van der Waals surface area contributed by atoms with E-state index in [0.717, 1.165) is 12.1 Å². The van der Waals surface area contributed by atoms with Crippen LogP contribution in [-0.2, 0) is 7.05 Å². The summed E-state index contributed by atoms with van der Waals surface area (Å²) in [4.78, 5) is 11.8. The Labute approximate surface area is 101 Å². The summed E-state index contributed by atoms with van der Waals surface area (Å²) in [5, 5.41) is 2.76. The van der Waals surface area contributed by atoms with Gasteiger partial charge in [0.15, 0.2) is 0 Å². The molecule has 0 spiro atoms. The smallest absolute Gasteiger partial charge is 0.274 e. The van der Waals surface area contributed by atoms with Crippen molar-refractivity contribution in [1.82, 2.24) is 9.78 Å². The summed E-state index contributed by atoms with van der Waals surface area (Å²) in [6.07, 6.45) is -2.87. The van der Waals surface area contributed by atoms with Crippen LogP contribution in [0.1, 0.15) is 17.7 Å². The second kappa shape index (κ2) is 4.36. The highest BCUT2D eigenvalue weighted by molar-refractivity contribution is 5.65. The number of hydrogen-bond donors (Lipinski definition) is 1. The second-order valence-electron chi connectivity index (χ2n) is 4.01. The topological polar surface area (TPSA) is 37.8 Å². The standard InChI is InChI=1S/C12H11F3N2O/c1-6-10(12(18)17(2)16-6)7-3-4-8(11(14)15)9(13)5-7/h3-5,11,16H,1-2H3. The molecule has 0 saturated heterocycles. The lowest BCUT2D eigenvalue weighted by atomic mass is 10.0. The van der Waals surface area contributed by atoms with Crippen LogP contribution in [0.3, 0.4) is 0 Å². The molecule has 0 atom stereocenters. The van der Waals surface area contributed by atoms with E-state index in [1.165, 1.54) is 17.8 Å². The first-order chi connectivity index (χ1) is 8.41. The number of halogens is 3. The van der Waals surface area contributed by atoms with Crippen molar-refractivity contribution in [1.29, 1.82) is 0 Å². The van der Waals surface area contributed by atoms with Crippen LogP contribution >= 0.6 is 0 Å². The monoisotopic (exact) mass is 256 g/mol. The molecule has 0 fully saturated rings. The van der Waals surface area contributed by atoms with Crippen LogP contribution in [0.25, 0.3) is 11.1 Å². The first-order valence-electron chi connectivity index (χ1n) is 5.25. The normalized spacial score (nSPS) is 11.2. The van der Waals surface area contributed by atoms with Crippen molar-refractivity contribution in [2.75, 3.05) is 0 Å². The Hall–Kier alpha value is -1.98. The summed E-state index contributed by atoms with van der Waals surface area (Å²) in [5.74, 6) is -1.01. The summed E-state index contributed by atoms with van der Waals surface area (Å²) in [5.41, 5.74) is 0.153. The molecule has 0 aliphatic carbocycles. The lowest BCUT2D eigenvalue weighted by Gasteiger charge is -2.04. The SMILES string of the molecule is Cc1[nH]n(C)c(=O)c1-c1ccc(C(F)F)c(F)c1. The van der Waals surface area contributed by atoms with Gasteiger partial charge >= 0.3 is 0 Å². The van der Waals surface area contributed by atoms with E-state index in [1.807, 2.05) is 0 Å². The number of aromatic amines is 1. The number of nitrogens with one attached hydrogen (secondary N) is 1. The first-order valence-corrected chi connectivity index (χ1v) is 5.25. The van der Waals surface area contributed by atoms with Crippen LogP contribution in [0.4, 0.5) is 13.2 Å². The quantitative estimate of drug-likeness (QED) is 0.881. The van der Waals surface area contributed by atoms with Gasteiger partial charge in [-0.05, 0) is 24.6 Å². The summed E-state index contributed by atoms with van der Waals surface area (Å²) in [7, 11) is 1.53. The molecule has 0 amide bonds. The van der Waals surface area contributed by atoms with Gasteiger partial charge in [-0.2, -0.15) is 0 Å². The van der Waals surface area contributed by atoms with E-state index >= 15 is 0 Å². The summed E-state index contributed by atoms with van der Waals surface area (Å²) >= 11 is 0. The zero-order valence-corrected chi connectivity index (χ0v) is 9.80. The molecule has 18 heavy (non-hydrogen) atoms. The molecular formula is C12H11F3N2O. The van der Waals surface area contributed by atoms with Gasteiger partial charge in [-0.3, -0.25) is 14.6 Å². The molecule has 6 heteroatoms. The van der Waals surface area contributed by atoms with Crippen LogP contribution in [0, 0.1) is 12.7 Å². The molecule has 0 aliphatic heterocycles. The molecule has 3 nitrogen and oxygen atoms in total. The Morgan fingerprint density at radius 1 is 1.33 bits per heavy atom. The molecule has 0 aliphatic rings. The fourth-order valence-corrected chi connectivity index (χ4v) is 1.89. The first kappa shape index (κ1) is 12.5. The van der Waals surface area contributed by atoms with Crippen molar-refractivity contribution in [2.24, 2.45) is 7.05 Å². The van der Waals surface area contributed by atoms with Crippen molar-refractivity contribution in [3.63, 3.8) is 0 Å². The maximum absolute atomic E-state index is 13.5. The Morgan fingerprint density at radius 2 is 2.00 bits per heavy atom. The van der Waals surface area contributed by atoms with E-state index in [0.29, 0.717) is 5.69 Å². The minimum atomic E-state index is -2.87. The van der Waals surface area contributed by atoms with Crippen molar-refractivity contribution in [2.45, 2.75) is 13.3 Å². The summed E-state index contributed by atoms with van der Waals surface area (Å²) in [6, 6.07) is 3.28. The van der Waals surface area contributed by atoms with E-state index < -0.39 is 17.8 Å². The molecule has 0 bridgehead atoms. The molecule has 2 rings (SSSR count). The summed E-state index contributed by atoms with van der Waals surface area (Å²) in [6.45, 7) is 1.66. The van der Waals surface area contributed by atoms with Gasteiger partial charge in [0.25, 0.3) is 12.0 Å². The van der Waals surface area contributed by atoms with Crippen molar-refractivity contribution in [3.8, 4) is 11.1 Å². The average molecular weight is 256 g/mol. The van der Waals surface area contributed by atoms with Gasteiger partial charge in [-0.25, -0.2) is 13.2 Å². The van der Waals surface area contributed by atoms with Gasteiger partial charge < -0.3 is 0 Å². The minimum Gasteiger partial charge on any atom is -0.300 e. The molecule has 1 aromatic heterocycles. The van der Waals surface area contributed by atoms with Crippen LogP contribution < -0.4 is 5.56 Å². The lowest BCUT2D eigenvalue weighted by Crippen LogP contribution is -2.13. The Balaban J connectivity index is 2.59. The maximum Gasteiger partial charge on any atom is 0.274 e. The van der Waals surface area contributed by atoms with E-state index in [4.69, 9.17) is 0 Å². The van der Waals surface area contributed by atoms with E-state index in [-0.39, 0.29) is 16.7 Å². The van der Waals surface area contributed by atoms with Crippen molar-refractivity contribution < 1.29 is 13.2 Å². The van der Waals surface area contributed by atoms with Gasteiger partial charge in [0.05, 0.1) is 11.1 Å². The number of alkyl halides is 2. The fourth-order valence-electron chi connectivity index (χ4n) is 1.89. The van der Waals surface area contributed by atoms with Crippen LogP contribution in [-0.4, -0.2) is 9.78 Å². The molecule has 0 radical (unpaired) electrons. The molecule has 96 valence electrons. The highest BCUT2D eigenvalue weighted by Gasteiger charge is 2.17. The molecule has 1 N–H and O–H groups in total. The Morgan fingerprint density at radius 3 is 2.44 bits per heavy atom. The third-order valence-corrected chi connectivity index (χ3v) is 2.75. The molecule has 0 unspecified atom stereocenters. The molecule has 1 aromatic carbocycles. The van der Waals surface area contributed by atoms with E-state index in [2.05, 4.69) is 5.10 Å². The third-order valence-electron chi connectivity index (χ3n) is 2.75. The largest absolute Gasteiger partial charge is 0.300 e.